The number of halogens is 1. The molecule has 0 bridgehead atoms. The molecule has 1 aromatic rings. The summed E-state index contributed by atoms with van der Waals surface area (Å²) in [7, 11) is 0. The van der Waals surface area contributed by atoms with Crippen LogP contribution in [-0.2, 0) is 9.59 Å². The van der Waals surface area contributed by atoms with Gasteiger partial charge >= 0.3 is 0 Å². The van der Waals surface area contributed by atoms with Crippen molar-refractivity contribution in [3.05, 3.63) is 29.3 Å². The Labute approximate surface area is 112 Å². The van der Waals surface area contributed by atoms with E-state index in [0.29, 0.717) is 24.4 Å². The fraction of sp³-hybridized carbons (Fsp3) is 0.429. The van der Waals surface area contributed by atoms with Gasteiger partial charge in [-0.2, -0.15) is 0 Å². The molecule has 0 radical (unpaired) electrons. The number of ketones is 1. The van der Waals surface area contributed by atoms with Gasteiger partial charge in [0.25, 0.3) is 0 Å². The standard InChI is InChI=1S/C14H16ClNO2/c1-2-13(17)12-4-3-9-16(14(12)18)11-7-5-10(15)6-8-11/h5-8,12H,2-4,9H2,1H3/t12-/m1/s1. The largest absolute Gasteiger partial charge is 0.312 e. The lowest BCUT2D eigenvalue weighted by Crippen LogP contribution is -2.44. The Morgan fingerprint density at radius 3 is 2.67 bits per heavy atom. The molecule has 1 fully saturated rings. The first-order chi connectivity index (χ1) is 8.63. The lowest BCUT2D eigenvalue weighted by molar-refractivity contribution is -0.133. The molecule has 0 spiro atoms. The fourth-order valence-electron chi connectivity index (χ4n) is 2.30. The number of hydrogen-bond donors (Lipinski definition) is 0. The van der Waals surface area contributed by atoms with E-state index in [0.717, 1.165) is 12.1 Å². The van der Waals surface area contributed by atoms with Crippen molar-refractivity contribution >= 4 is 29.0 Å². The van der Waals surface area contributed by atoms with Crippen LogP contribution in [0.25, 0.3) is 0 Å². The van der Waals surface area contributed by atoms with E-state index >= 15 is 0 Å². The molecule has 0 saturated carbocycles. The summed E-state index contributed by atoms with van der Waals surface area (Å²) >= 11 is 5.83. The Balaban J connectivity index is 2.21. The molecule has 0 aromatic heterocycles. The minimum atomic E-state index is -0.459. The highest BCUT2D eigenvalue weighted by Gasteiger charge is 2.33. The van der Waals surface area contributed by atoms with E-state index in [1.54, 1.807) is 24.0 Å². The molecule has 96 valence electrons. The molecule has 0 unspecified atom stereocenters. The summed E-state index contributed by atoms with van der Waals surface area (Å²) in [6.45, 7) is 2.48. The summed E-state index contributed by atoms with van der Waals surface area (Å²) in [6.07, 6.45) is 1.96. The van der Waals surface area contributed by atoms with Gasteiger partial charge in [-0.1, -0.05) is 18.5 Å². The third-order valence-corrected chi connectivity index (χ3v) is 3.57. The van der Waals surface area contributed by atoms with Gasteiger partial charge in [-0.3, -0.25) is 9.59 Å². The molecular weight excluding hydrogens is 250 g/mol. The van der Waals surface area contributed by atoms with Gasteiger partial charge in [0.2, 0.25) is 5.91 Å². The maximum Gasteiger partial charge on any atom is 0.237 e. The molecule has 1 aliphatic heterocycles. The number of piperidine rings is 1. The molecule has 18 heavy (non-hydrogen) atoms. The summed E-state index contributed by atoms with van der Waals surface area (Å²) in [5.74, 6) is -0.492. The summed E-state index contributed by atoms with van der Waals surface area (Å²) in [4.78, 5) is 25.7. The molecule has 1 heterocycles. The number of benzene rings is 1. The van der Waals surface area contributed by atoms with Crippen LogP contribution in [0.3, 0.4) is 0 Å². The first kappa shape index (κ1) is 13.1. The molecule has 1 saturated heterocycles. The van der Waals surface area contributed by atoms with E-state index in [9.17, 15) is 9.59 Å². The van der Waals surface area contributed by atoms with E-state index in [2.05, 4.69) is 0 Å². The number of carbonyl (C=O) groups excluding carboxylic acids is 2. The number of amides is 1. The highest BCUT2D eigenvalue weighted by molar-refractivity contribution is 6.30. The van der Waals surface area contributed by atoms with E-state index in [4.69, 9.17) is 11.6 Å². The molecule has 0 N–H and O–H groups in total. The Hall–Kier alpha value is -1.35. The van der Waals surface area contributed by atoms with Crippen LogP contribution in [0.1, 0.15) is 26.2 Å². The van der Waals surface area contributed by atoms with E-state index in [1.807, 2.05) is 12.1 Å². The van der Waals surface area contributed by atoms with Gasteiger partial charge in [-0.25, -0.2) is 0 Å². The third kappa shape index (κ3) is 2.56. The summed E-state index contributed by atoms with van der Waals surface area (Å²) in [5.41, 5.74) is 0.818. The van der Waals surface area contributed by atoms with Crippen LogP contribution >= 0.6 is 11.6 Å². The van der Waals surface area contributed by atoms with Crippen molar-refractivity contribution in [1.82, 2.24) is 0 Å². The molecular formula is C14H16ClNO2. The fourth-order valence-corrected chi connectivity index (χ4v) is 2.42. The molecule has 1 aromatic carbocycles. The monoisotopic (exact) mass is 265 g/mol. The predicted octanol–water partition coefficient (Wildman–Crippen LogP) is 3.06. The second-order valence-corrected chi connectivity index (χ2v) is 4.92. The molecule has 4 heteroatoms. The van der Waals surface area contributed by atoms with E-state index < -0.39 is 5.92 Å². The Morgan fingerprint density at radius 2 is 2.06 bits per heavy atom. The van der Waals surface area contributed by atoms with Crippen molar-refractivity contribution in [2.75, 3.05) is 11.4 Å². The van der Waals surface area contributed by atoms with Crippen LogP contribution in [0.4, 0.5) is 5.69 Å². The van der Waals surface area contributed by atoms with Crippen molar-refractivity contribution in [3.8, 4) is 0 Å². The van der Waals surface area contributed by atoms with Crippen LogP contribution in [-0.4, -0.2) is 18.2 Å². The van der Waals surface area contributed by atoms with Crippen LogP contribution in [0.5, 0.6) is 0 Å². The van der Waals surface area contributed by atoms with Crippen LogP contribution in [0.2, 0.25) is 5.02 Å². The molecule has 1 amide bonds. The van der Waals surface area contributed by atoms with E-state index in [-0.39, 0.29) is 11.7 Å². The van der Waals surface area contributed by atoms with Gasteiger partial charge < -0.3 is 4.90 Å². The average Bonchev–Trinajstić information content (AvgIpc) is 2.39. The number of hydrogen-bond acceptors (Lipinski definition) is 2. The lowest BCUT2D eigenvalue weighted by atomic mass is 9.91. The summed E-state index contributed by atoms with van der Waals surface area (Å²) < 4.78 is 0. The van der Waals surface area contributed by atoms with Crippen molar-refractivity contribution < 1.29 is 9.59 Å². The van der Waals surface area contributed by atoms with Crippen molar-refractivity contribution in [3.63, 3.8) is 0 Å². The first-order valence-corrected chi connectivity index (χ1v) is 6.61. The van der Waals surface area contributed by atoms with Gasteiger partial charge in [-0.15, -0.1) is 0 Å². The maximum absolute atomic E-state index is 12.3. The molecule has 0 aliphatic carbocycles. The average molecular weight is 266 g/mol. The Bertz CT molecular complexity index is 455. The quantitative estimate of drug-likeness (QED) is 0.788. The van der Waals surface area contributed by atoms with Gasteiger partial charge in [0.05, 0.1) is 5.92 Å². The maximum atomic E-state index is 12.3. The number of anilines is 1. The summed E-state index contributed by atoms with van der Waals surface area (Å²) in [6, 6.07) is 7.16. The van der Waals surface area contributed by atoms with Crippen molar-refractivity contribution in [2.45, 2.75) is 26.2 Å². The lowest BCUT2D eigenvalue weighted by Gasteiger charge is -2.31. The minimum absolute atomic E-state index is 0.0404. The van der Waals surface area contributed by atoms with Gasteiger partial charge in [0.15, 0.2) is 0 Å². The SMILES string of the molecule is CCC(=O)[C@H]1CCCN(c2ccc(Cl)cc2)C1=O. The predicted molar refractivity (Wildman–Crippen MR) is 71.8 cm³/mol. The number of carbonyl (C=O) groups is 2. The van der Waals surface area contributed by atoms with Gasteiger partial charge in [0, 0.05) is 23.7 Å². The van der Waals surface area contributed by atoms with Crippen LogP contribution < -0.4 is 4.90 Å². The second kappa shape index (κ2) is 5.53. The van der Waals surface area contributed by atoms with E-state index in [1.165, 1.54) is 0 Å². The molecule has 1 atom stereocenters. The van der Waals surface area contributed by atoms with Crippen molar-refractivity contribution in [2.24, 2.45) is 5.92 Å². The highest BCUT2D eigenvalue weighted by Crippen LogP contribution is 2.26. The Morgan fingerprint density at radius 1 is 1.39 bits per heavy atom. The minimum Gasteiger partial charge on any atom is -0.312 e. The zero-order valence-corrected chi connectivity index (χ0v) is 11.1. The Kier molecular flexibility index (Phi) is 4.02. The molecule has 3 nitrogen and oxygen atoms in total. The van der Waals surface area contributed by atoms with Gasteiger partial charge in [-0.05, 0) is 37.1 Å². The topological polar surface area (TPSA) is 37.4 Å². The van der Waals surface area contributed by atoms with Gasteiger partial charge in [0.1, 0.15) is 5.78 Å². The number of nitrogens with zero attached hydrogens (tertiary/aromatic N) is 1. The summed E-state index contributed by atoms with van der Waals surface area (Å²) in [5, 5.41) is 0.643. The third-order valence-electron chi connectivity index (χ3n) is 3.31. The second-order valence-electron chi connectivity index (χ2n) is 4.48. The van der Waals surface area contributed by atoms with Crippen molar-refractivity contribution in [1.29, 1.82) is 0 Å². The normalized spacial score (nSPS) is 20.0. The highest BCUT2D eigenvalue weighted by atomic mass is 35.5. The smallest absolute Gasteiger partial charge is 0.237 e. The molecule has 1 aliphatic rings. The zero-order valence-electron chi connectivity index (χ0n) is 10.4. The first-order valence-electron chi connectivity index (χ1n) is 6.23. The number of rotatable bonds is 3. The van der Waals surface area contributed by atoms with Crippen LogP contribution in [0.15, 0.2) is 24.3 Å². The molecule has 2 rings (SSSR count). The zero-order chi connectivity index (χ0) is 13.1. The van der Waals surface area contributed by atoms with Crippen LogP contribution in [0, 0.1) is 5.92 Å². The number of Topliss-reactive ketones (excluding diaryl/α,β-unsaturated/α-hetero) is 1.